The summed E-state index contributed by atoms with van der Waals surface area (Å²) in [5.41, 5.74) is 3.04. The van der Waals surface area contributed by atoms with Gasteiger partial charge in [0, 0.05) is 18.7 Å². The molecule has 7 nitrogen and oxygen atoms in total. The van der Waals surface area contributed by atoms with Crippen molar-refractivity contribution in [1.82, 2.24) is 5.32 Å². The Morgan fingerprint density at radius 3 is 2.42 bits per heavy atom. The van der Waals surface area contributed by atoms with E-state index < -0.39 is 25.2 Å². The molecular formula is C23H29NO6Si. The monoisotopic (exact) mass is 443 g/mol. The zero-order valence-electron chi connectivity index (χ0n) is 18.6. The van der Waals surface area contributed by atoms with Gasteiger partial charge in [-0.25, -0.2) is 9.59 Å². The molecular weight excluding hydrogens is 414 g/mol. The van der Waals surface area contributed by atoms with E-state index in [1.54, 1.807) is 0 Å². The summed E-state index contributed by atoms with van der Waals surface area (Å²) in [7, 11) is 0.474. The first-order valence-corrected chi connectivity index (χ1v) is 13.8. The fraction of sp³-hybridized carbons (Fsp3) is 0.435. The second kappa shape index (κ2) is 8.80. The quantitative estimate of drug-likeness (QED) is 0.334. The van der Waals surface area contributed by atoms with Crippen LogP contribution >= 0.6 is 0 Å². The molecule has 1 aromatic rings. The van der Waals surface area contributed by atoms with Crippen LogP contribution in [0.2, 0.25) is 19.6 Å². The van der Waals surface area contributed by atoms with Gasteiger partial charge in [-0.1, -0.05) is 43.9 Å². The van der Waals surface area contributed by atoms with Gasteiger partial charge in [-0.3, -0.25) is 4.79 Å². The number of carbonyl (C=O) groups is 3. The topological polar surface area (TPSA) is 94.2 Å². The number of hydrogen-bond donors (Lipinski definition) is 1. The molecule has 2 aliphatic heterocycles. The predicted molar refractivity (Wildman–Crippen MR) is 118 cm³/mol. The number of epoxide rings is 1. The van der Waals surface area contributed by atoms with Crippen molar-refractivity contribution in [3.63, 3.8) is 0 Å². The van der Waals surface area contributed by atoms with Crippen LogP contribution in [0.3, 0.4) is 0 Å². The zero-order chi connectivity index (χ0) is 22.8. The molecule has 0 aliphatic carbocycles. The van der Waals surface area contributed by atoms with Crippen LogP contribution in [0.4, 0.5) is 0 Å². The lowest BCUT2D eigenvalue weighted by Gasteiger charge is -2.30. The van der Waals surface area contributed by atoms with E-state index in [1.807, 2.05) is 24.3 Å². The van der Waals surface area contributed by atoms with Crippen molar-refractivity contribution in [3.05, 3.63) is 58.7 Å². The van der Waals surface area contributed by atoms with Gasteiger partial charge in [0.25, 0.3) is 0 Å². The van der Waals surface area contributed by atoms with Crippen molar-refractivity contribution in [2.24, 2.45) is 0 Å². The van der Waals surface area contributed by atoms with Gasteiger partial charge in [0.05, 0.1) is 28.7 Å². The molecule has 0 spiro atoms. The number of esters is 2. The van der Waals surface area contributed by atoms with Crippen molar-refractivity contribution in [3.8, 4) is 0 Å². The highest BCUT2D eigenvalue weighted by Crippen LogP contribution is 2.61. The third-order valence-electron chi connectivity index (χ3n) is 5.84. The van der Waals surface area contributed by atoms with E-state index in [2.05, 4.69) is 25.0 Å². The van der Waals surface area contributed by atoms with E-state index >= 15 is 0 Å². The summed E-state index contributed by atoms with van der Waals surface area (Å²) in [6, 6.07) is 7.71. The number of ether oxygens (including phenoxy) is 3. The van der Waals surface area contributed by atoms with Crippen molar-refractivity contribution in [2.45, 2.75) is 43.8 Å². The lowest BCUT2D eigenvalue weighted by atomic mass is 9.92. The second-order valence-corrected chi connectivity index (χ2v) is 14.0. The number of rotatable bonds is 3. The Balaban J connectivity index is 2.27. The number of carbonyl (C=O) groups excluding carboxylic acids is 3. The maximum atomic E-state index is 12.5. The van der Waals surface area contributed by atoms with E-state index in [-0.39, 0.29) is 18.4 Å². The SMILES string of the molecule is COC(=O)/C=C1/C(=C/C(=O)OC)CCNC(=O)Cc2ccccc2C2OC12[Si](C)(C)C. The highest BCUT2D eigenvalue weighted by molar-refractivity contribution is 6.80. The lowest BCUT2D eigenvalue weighted by Crippen LogP contribution is -2.45. The maximum Gasteiger partial charge on any atom is 0.330 e. The van der Waals surface area contributed by atoms with Crippen LogP contribution < -0.4 is 5.32 Å². The lowest BCUT2D eigenvalue weighted by molar-refractivity contribution is -0.135. The molecule has 0 radical (unpaired) electrons. The van der Waals surface area contributed by atoms with Crippen LogP contribution in [0.5, 0.6) is 0 Å². The minimum atomic E-state index is -2.14. The Kier molecular flexibility index (Phi) is 6.52. The third kappa shape index (κ3) is 4.50. The average Bonchev–Trinajstić information content (AvgIpc) is 3.47. The standard InChI is InChI=1S/C23H29NO6Si/c1-28-20(26)13-16-10-11-24-19(25)12-15-8-6-7-9-17(15)22-23(30-22,31(3,4)5)18(16)14-21(27)29-2/h6-9,13-14,22H,10-12H2,1-5H3,(H,24,25)/b16-13+,18-14-. The molecule has 1 amide bonds. The minimum absolute atomic E-state index is 0.107. The van der Waals surface area contributed by atoms with Crippen molar-refractivity contribution in [1.29, 1.82) is 0 Å². The van der Waals surface area contributed by atoms with E-state index in [1.165, 1.54) is 26.4 Å². The van der Waals surface area contributed by atoms with Gasteiger partial charge in [-0.05, 0) is 28.7 Å². The summed E-state index contributed by atoms with van der Waals surface area (Å²) in [6.07, 6.45) is 3.07. The molecule has 2 atom stereocenters. The van der Waals surface area contributed by atoms with Crippen LogP contribution in [0.25, 0.3) is 0 Å². The first-order chi connectivity index (χ1) is 14.6. The van der Waals surface area contributed by atoms with Crippen LogP contribution in [-0.4, -0.2) is 51.9 Å². The summed E-state index contributed by atoms with van der Waals surface area (Å²) >= 11 is 0. The number of nitrogens with one attached hydrogen (secondary N) is 1. The molecule has 0 aromatic heterocycles. The first-order valence-electron chi connectivity index (χ1n) is 10.3. The van der Waals surface area contributed by atoms with E-state index in [0.717, 1.165) is 11.1 Å². The zero-order valence-corrected chi connectivity index (χ0v) is 19.6. The molecule has 1 fully saturated rings. The molecule has 1 saturated heterocycles. The number of methoxy groups -OCH3 is 2. The molecule has 1 aromatic carbocycles. The number of fused-ring (bicyclic) bond motifs is 3. The molecule has 8 heteroatoms. The summed E-state index contributed by atoms with van der Waals surface area (Å²) in [5, 5.41) is 2.16. The molecule has 166 valence electrons. The summed E-state index contributed by atoms with van der Waals surface area (Å²) < 4.78 is 16.3. The minimum Gasteiger partial charge on any atom is -0.466 e. The largest absolute Gasteiger partial charge is 0.466 e. The molecule has 2 heterocycles. The van der Waals surface area contributed by atoms with Crippen LogP contribution in [0.15, 0.2) is 47.6 Å². The molecule has 0 bridgehead atoms. The summed E-state index contributed by atoms with van der Waals surface area (Å²) in [4.78, 5) is 37.1. The summed E-state index contributed by atoms with van der Waals surface area (Å²) in [6.45, 7) is 6.81. The second-order valence-electron chi connectivity index (χ2n) is 8.73. The fourth-order valence-corrected chi connectivity index (χ4v) is 6.69. The molecule has 31 heavy (non-hydrogen) atoms. The van der Waals surface area contributed by atoms with E-state index in [4.69, 9.17) is 14.2 Å². The Labute approximate surface area is 183 Å². The molecule has 0 saturated carbocycles. The van der Waals surface area contributed by atoms with Crippen molar-refractivity contribution < 1.29 is 28.6 Å². The van der Waals surface area contributed by atoms with Gasteiger partial charge in [0.1, 0.15) is 11.3 Å². The molecule has 2 unspecified atom stereocenters. The number of hydrogen-bond acceptors (Lipinski definition) is 6. The van der Waals surface area contributed by atoms with E-state index in [9.17, 15) is 14.4 Å². The highest BCUT2D eigenvalue weighted by Gasteiger charge is 2.67. The van der Waals surface area contributed by atoms with Gasteiger partial charge >= 0.3 is 11.9 Å². The normalized spacial score (nSPS) is 26.2. The van der Waals surface area contributed by atoms with Crippen molar-refractivity contribution in [2.75, 3.05) is 20.8 Å². The third-order valence-corrected chi connectivity index (χ3v) is 8.72. The summed E-state index contributed by atoms with van der Waals surface area (Å²) in [5.74, 6) is -1.16. The van der Waals surface area contributed by atoms with Gasteiger partial charge < -0.3 is 19.5 Å². The van der Waals surface area contributed by atoms with Gasteiger partial charge in [0.2, 0.25) is 5.91 Å². The Morgan fingerprint density at radius 1 is 1.13 bits per heavy atom. The average molecular weight is 444 g/mol. The van der Waals surface area contributed by atoms with Crippen molar-refractivity contribution >= 4 is 25.9 Å². The first kappa shape index (κ1) is 23.0. The Morgan fingerprint density at radius 2 is 1.77 bits per heavy atom. The molecule has 3 rings (SSSR count). The Bertz CT molecular complexity index is 961. The predicted octanol–water partition coefficient (Wildman–Crippen LogP) is 2.64. The number of amides is 1. The fourth-order valence-electron chi connectivity index (χ4n) is 4.24. The molecule has 1 N–H and O–H groups in total. The van der Waals surface area contributed by atoms with Gasteiger partial charge in [-0.2, -0.15) is 0 Å². The smallest absolute Gasteiger partial charge is 0.330 e. The van der Waals surface area contributed by atoms with Gasteiger partial charge in [-0.15, -0.1) is 0 Å². The van der Waals surface area contributed by atoms with Crippen LogP contribution in [0.1, 0.15) is 23.7 Å². The Hall–Kier alpha value is -2.71. The van der Waals surface area contributed by atoms with E-state index in [0.29, 0.717) is 24.1 Å². The molecule has 2 aliphatic rings. The van der Waals surface area contributed by atoms with Crippen LogP contribution in [-0.2, 0) is 35.0 Å². The van der Waals surface area contributed by atoms with Gasteiger partial charge in [0.15, 0.2) is 0 Å². The number of benzene rings is 1. The highest BCUT2D eigenvalue weighted by atomic mass is 28.3. The van der Waals surface area contributed by atoms with Crippen LogP contribution in [0, 0.1) is 0 Å². The maximum absolute atomic E-state index is 12.5.